The molecule has 1 heteroatoms. The molecule has 0 saturated heterocycles. The molecule has 1 N–H and O–H groups in total. The third-order valence-corrected chi connectivity index (χ3v) is 1.90. The largest absolute Gasteiger partial charge is 0.355 e. The molecule has 1 rings (SSSR count). The molecule has 0 spiro atoms. The van der Waals surface area contributed by atoms with Crippen LogP contribution in [0.1, 0.15) is 39.0 Å². The lowest BCUT2D eigenvalue weighted by Crippen LogP contribution is -2.21. The summed E-state index contributed by atoms with van der Waals surface area (Å²) in [5.74, 6) is 0. The van der Waals surface area contributed by atoms with Crippen LogP contribution < -0.4 is 10.6 Å². The molecule has 1 aromatic rings. The van der Waals surface area contributed by atoms with E-state index in [0.717, 1.165) is 21.8 Å². The topological polar surface area (TPSA) is 15.8 Å². The average molecular weight is 231 g/mol. The normalized spacial score (nSPS) is 9.29. The van der Waals surface area contributed by atoms with Crippen molar-refractivity contribution in [3.8, 4) is 0 Å². The number of nitrogens with one attached hydrogen (secondary N) is 1. The summed E-state index contributed by atoms with van der Waals surface area (Å²) in [4.78, 5) is 3.17. The number of aromatic nitrogens is 1. The predicted octanol–water partition coefficient (Wildman–Crippen LogP) is 3.73. The fourth-order valence-electron chi connectivity index (χ4n) is 1.25. The smallest absolute Gasteiger partial charge is 0.0458 e. The molecule has 1 heterocycles. The van der Waals surface area contributed by atoms with Crippen LogP contribution in [0.5, 0.6) is 0 Å². The third kappa shape index (κ3) is 4.73. The number of aromatic amines is 1. The fourth-order valence-corrected chi connectivity index (χ4v) is 1.25. The van der Waals surface area contributed by atoms with Crippen molar-refractivity contribution in [3.05, 3.63) is 47.6 Å². The standard InChI is InChI=1S/C12H13N.2C2H6/c1-5-8-12-9(4)10(6-2)11(7-3)13-12;2*1-2/h5-8,13H,1-4H2;2*1-2H3/b12-8+;;. The van der Waals surface area contributed by atoms with E-state index in [4.69, 9.17) is 0 Å². The quantitative estimate of drug-likeness (QED) is 0.816. The molecule has 94 valence electrons. The van der Waals surface area contributed by atoms with Gasteiger partial charge in [-0.05, 0) is 12.2 Å². The van der Waals surface area contributed by atoms with Crippen molar-refractivity contribution in [2.75, 3.05) is 0 Å². The van der Waals surface area contributed by atoms with Crippen LogP contribution in [0.4, 0.5) is 0 Å². The van der Waals surface area contributed by atoms with Crippen molar-refractivity contribution in [1.82, 2.24) is 4.98 Å². The van der Waals surface area contributed by atoms with Crippen LogP contribution in [0.15, 0.2) is 25.8 Å². The summed E-state index contributed by atoms with van der Waals surface area (Å²) in [5.41, 5.74) is 1.95. The first-order valence-electron chi connectivity index (χ1n) is 6.03. The number of hydrogen-bond donors (Lipinski definition) is 1. The van der Waals surface area contributed by atoms with E-state index >= 15 is 0 Å². The molecule has 0 fully saturated rings. The second-order valence-electron chi connectivity index (χ2n) is 2.66. The average Bonchev–Trinajstić information content (AvgIpc) is 2.71. The van der Waals surface area contributed by atoms with Crippen LogP contribution in [0, 0.1) is 0 Å². The van der Waals surface area contributed by atoms with Gasteiger partial charge in [0.05, 0.1) is 0 Å². The van der Waals surface area contributed by atoms with Crippen molar-refractivity contribution in [2.45, 2.75) is 27.7 Å². The van der Waals surface area contributed by atoms with Crippen molar-refractivity contribution >= 4 is 24.8 Å². The summed E-state index contributed by atoms with van der Waals surface area (Å²) in [5, 5.41) is 1.89. The van der Waals surface area contributed by atoms with Gasteiger partial charge >= 0.3 is 0 Å². The summed E-state index contributed by atoms with van der Waals surface area (Å²) >= 11 is 0. The summed E-state index contributed by atoms with van der Waals surface area (Å²) in [6.45, 7) is 23.0. The van der Waals surface area contributed by atoms with E-state index in [0.29, 0.717) is 0 Å². The first kappa shape index (κ1) is 17.6. The molecule has 17 heavy (non-hydrogen) atoms. The van der Waals surface area contributed by atoms with Crippen molar-refractivity contribution in [3.63, 3.8) is 0 Å². The highest BCUT2D eigenvalue weighted by molar-refractivity contribution is 5.62. The van der Waals surface area contributed by atoms with Gasteiger partial charge in [-0.3, -0.25) is 0 Å². The van der Waals surface area contributed by atoms with Gasteiger partial charge in [0.2, 0.25) is 0 Å². The van der Waals surface area contributed by atoms with Gasteiger partial charge in [-0.2, -0.15) is 0 Å². The van der Waals surface area contributed by atoms with Crippen LogP contribution >= 0.6 is 0 Å². The zero-order chi connectivity index (χ0) is 13.8. The van der Waals surface area contributed by atoms with Gasteiger partial charge in [-0.25, -0.2) is 0 Å². The monoisotopic (exact) mass is 231 g/mol. The van der Waals surface area contributed by atoms with E-state index in [-0.39, 0.29) is 0 Å². The number of hydrogen-bond acceptors (Lipinski definition) is 0. The van der Waals surface area contributed by atoms with E-state index in [9.17, 15) is 0 Å². The minimum Gasteiger partial charge on any atom is -0.355 e. The third-order valence-electron chi connectivity index (χ3n) is 1.90. The lowest BCUT2D eigenvalue weighted by atomic mass is 10.2. The Hall–Kier alpha value is -1.76. The molecule has 0 aromatic carbocycles. The molecule has 0 saturated carbocycles. The summed E-state index contributed by atoms with van der Waals surface area (Å²) < 4.78 is 0. The lowest BCUT2D eigenvalue weighted by Gasteiger charge is -1.87. The fraction of sp³-hybridized carbons (Fsp3) is 0.250. The number of rotatable bonds is 3. The first-order valence-corrected chi connectivity index (χ1v) is 6.03. The van der Waals surface area contributed by atoms with E-state index < -0.39 is 0 Å². The van der Waals surface area contributed by atoms with E-state index in [1.807, 2.05) is 33.8 Å². The maximum absolute atomic E-state index is 3.95. The van der Waals surface area contributed by atoms with Crippen LogP contribution in [0.25, 0.3) is 24.8 Å². The molecule has 0 atom stereocenters. The molecule has 0 aliphatic carbocycles. The molecule has 0 aliphatic heterocycles. The molecule has 0 unspecified atom stereocenters. The molecule has 0 bridgehead atoms. The van der Waals surface area contributed by atoms with Crippen LogP contribution in [-0.4, -0.2) is 4.98 Å². The Morgan fingerprint density at radius 2 is 1.47 bits per heavy atom. The van der Waals surface area contributed by atoms with Crippen molar-refractivity contribution in [1.29, 1.82) is 0 Å². The Balaban J connectivity index is 0. The Morgan fingerprint density at radius 1 is 0.941 bits per heavy atom. The zero-order valence-corrected chi connectivity index (χ0v) is 11.6. The Morgan fingerprint density at radius 3 is 1.76 bits per heavy atom. The summed E-state index contributed by atoms with van der Waals surface area (Å²) in [6, 6.07) is 0. The number of allylic oxidation sites excluding steroid dienone is 1. The maximum atomic E-state index is 3.95. The van der Waals surface area contributed by atoms with Crippen LogP contribution in [0.3, 0.4) is 0 Å². The van der Waals surface area contributed by atoms with Gasteiger partial charge < -0.3 is 4.98 Å². The molecule has 1 aromatic heterocycles. The summed E-state index contributed by atoms with van der Waals surface area (Å²) in [7, 11) is 0. The zero-order valence-electron chi connectivity index (χ0n) is 11.6. The van der Waals surface area contributed by atoms with Crippen molar-refractivity contribution < 1.29 is 0 Å². The highest BCUT2D eigenvalue weighted by Crippen LogP contribution is 2.00. The van der Waals surface area contributed by atoms with Crippen LogP contribution in [-0.2, 0) is 0 Å². The van der Waals surface area contributed by atoms with Crippen LogP contribution in [0.2, 0.25) is 0 Å². The second-order valence-corrected chi connectivity index (χ2v) is 2.66. The van der Waals surface area contributed by atoms with Gasteiger partial charge in [-0.15, -0.1) is 0 Å². The second kappa shape index (κ2) is 10.7. The maximum Gasteiger partial charge on any atom is 0.0458 e. The van der Waals surface area contributed by atoms with E-state index in [2.05, 4.69) is 31.3 Å². The van der Waals surface area contributed by atoms with Gasteiger partial charge in [0.25, 0.3) is 0 Å². The Bertz CT molecular complexity index is 447. The molecule has 1 nitrogen and oxygen atoms in total. The predicted molar refractivity (Wildman–Crippen MR) is 83.1 cm³/mol. The SMILES string of the molecule is C=C/C=c1/[nH]c(C=C)c(C=C)c1=C.CC.CC. The van der Waals surface area contributed by atoms with Gasteiger partial charge in [0.1, 0.15) is 0 Å². The first-order chi connectivity index (χ1) is 8.24. The molecular formula is C16H25N. The number of H-pyrrole nitrogens is 1. The van der Waals surface area contributed by atoms with Gasteiger partial charge in [0, 0.05) is 21.8 Å². The summed E-state index contributed by atoms with van der Waals surface area (Å²) in [6.07, 6.45) is 7.13. The highest BCUT2D eigenvalue weighted by Gasteiger charge is 1.99. The molecule has 0 aliphatic rings. The molecular weight excluding hydrogens is 206 g/mol. The minimum absolute atomic E-state index is 0.935. The van der Waals surface area contributed by atoms with E-state index in [1.165, 1.54) is 0 Å². The van der Waals surface area contributed by atoms with Gasteiger partial charge in [0.15, 0.2) is 0 Å². The lowest BCUT2D eigenvalue weighted by molar-refractivity contribution is 1.30. The van der Waals surface area contributed by atoms with E-state index in [1.54, 1.807) is 18.2 Å². The highest BCUT2D eigenvalue weighted by atomic mass is 14.7. The Kier molecular flexibility index (Phi) is 11.1. The molecule has 0 radical (unpaired) electrons. The minimum atomic E-state index is 0.935. The van der Waals surface area contributed by atoms with Crippen molar-refractivity contribution in [2.24, 2.45) is 0 Å². The molecule has 0 amide bonds. The Labute approximate surface area is 106 Å². The van der Waals surface area contributed by atoms with Gasteiger partial charge in [-0.1, -0.05) is 66.2 Å².